The topological polar surface area (TPSA) is 49.4 Å². The minimum absolute atomic E-state index is 0.233. The maximum atomic E-state index is 11.0. The average Bonchev–Trinajstić information content (AvgIpc) is 2.08. The van der Waals surface area contributed by atoms with Gasteiger partial charge in [0.1, 0.15) is 9.84 Å². The molecule has 0 aromatic carbocycles. The van der Waals surface area contributed by atoms with E-state index in [0.717, 1.165) is 6.54 Å². The molecule has 0 amide bonds. The van der Waals surface area contributed by atoms with Gasteiger partial charge in [-0.3, -0.25) is 0 Å². The summed E-state index contributed by atoms with van der Waals surface area (Å²) < 4.78 is 22.1. The van der Waals surface area contributed by atoms with Crippen molar-refractivity contribution in [3.63, 3.8) is 0 Å². The molecule has 0 aromatic heterocycles. The van der Waals surface area contributed by atoms with Crippen molar-refractivity contribution in [3.05, 3.63) is 0 Å². The van der Waals surface area contributed by atoms with Crippen molar-refractivity contribution in [2.24, 2.45) is 5.92 Å². The summed E-state index contributed by atoms with van der Waals surface area (Å²) in [5.41, 5.74) is 0. The summed E-state index contributed by atoms with van der Waals surface area (Å²) in [4.78, 5) is 2.11. The molecule has 92 valence electrons. The van der Waals surface area contributed by atoms with Crippen LogP contribution in [-0.2, 0) is 9.84 Å². The third kappa shape index (κ3) is 6.87. The number of nitrogens with one attached hydrogen (secondary N) is 1. The van der Waals surface area contributed by atoms with E-state index in [9.17, 15) is 8.42 Å². The lowest BCUT2D eigenvalue weighted by molar-refractivity contribution is 0.199. The molecule has 5 heteroatoms. The molecule has 0 saturated heterocycles. The highest BCUT2D eigenvalue weighted by Gasteiger charge is 2.18. The smallest absolute Gasteiger partial charge is 0.148 e. The predicted molar refractivity (Wildman–Crippen MR) is 64.9 cm³/mol. The number of likely N-dealkylation sites (N-methyl/N-ethyl adjacent to an activating group) is 2. The Bertz CT molecular complexity index is 263. The van der Waals surface area contributed by atoms with Crippen molar-refractivity contribution in [3.8, 4) is 0 Å². The number of hydrogen-bond acceptors (Lipinski definition) is 4. The molecule has 0 fully saturated rings. The molecule has 1 atom stereocenters. The van der Waals surface area contributed by atoms with Gasteiger partial charge in [-0.2, -0.15) is 0 Å². The van der Waals surface area contributed by atoms with Crippen LogP contribution in [0.5, 0.6) is 0 Å². The van der Waals surface area contributed by atoms with Crippen LogP contribution >= 0.6 is 0 Å². The van der Waals surface area contributed by atoms with Crippen LogP contribution in [0.3, 0.4) is 0 Å². The maximum absolute atomic E-state index is 11.0. The lowest BCUT2D eigenvalue weighted by Crippen LogP contribution is -2.44. The van der Waals surface area contributed by atoms with Gasteiger partial charge in [-0.25, -0.2) is 8.42 Å². The maximum Gasteiger partial charge on any atom is 0.148 e. The monoisotopic (exact) mass is 236 g/mol. The van der Waals surface area contributed by atoms with Crippen molar-refractivity contribution in [1.82, 2.24) is 10.2 Å². The van der Waals surface area contributed by atoms with E-state index in [1.807, 2.05) is 14.1 Å². The third-order valence-corrected chi connectivity index (χ3v) is 3.49. The molecule has 0 aliphatic rings. The van der Waals surface area contributed by atoms with Crippen LogP contribution in [0.4, 0.5) is 0 Å². The molecule has 0 rings (SSSR count). The summed E-state index contributed by atoms with van der Waals surface area (Å²) in [5.74, 6) is 0.748. The first-order valence-electron chi connectivity index (χ1n) is 5.30. The molecule has 0 heterocycles. The van der Waals surface area contributed by atoms with E-state index in [-0.39, 0.29) is 5.75 Å². The van der Waals surface area contributed by atoms with Crippen molar-refractivity contribution in [2.45, 2.75) is 19.9 Å². The van der Waals surface area contributed by atoms with Gasteiger partial charge in [-0.1, -0.05) is 13.8 Å². The van der Waals surface area contributed by atoms with E-state index in [1.54, 1.807) is 0 Å². The zero-order valence-corrected chi connectivity index (χ0v) is 11.3. The third-order valence-electron chi connectivity index (χ3n) is 2.56. The van der Waals surface area contributed by atoms with E-state index in [1.165, 1.54) is 6.26 Å². The Morgan fingerprint density at radius 3 is 2.20 bits per heavy atom. The summed E-state index contributed by atoms with van der Waals surface area (Å²) in [7, 11) is 1.04. The molecule has 0 bridgehead atoms. The number of rotatable bonds is 7. The van der Waals surface area contributed by atoms with Crippen LogP contribution < -0.4 is 5.32 Å². The van der Waals surface area contributed by atoms with Crippen LogP contribution in [-0.4, -0.2) is 58.6 Å². The minimum atomic E-state index is -2.86. The first-order chi connectivity index (χ1) is 6.78. The molecule has 0 aliphatic heterocycles. The lowest BCUT2D eigenvalue weighted by Gasteiger charge is -2.30. The summed E-state index contributed by atoms with van der Waals surface area (Å²) in [5, 5.41) is 3.14. The Morgan fingerprint density at radius 1 is 1.33 bits per heavy atom. The number of sulfone groups is 1. The van der Waals surface area contributed by atoms with Crippen LogP contribution in [0.25, 0.3) is 0 Å². The zero-order valence-electron chi connectivity index (χ0n) is 10.4. The van der Waals surface area contributed by atoms with Gasteiger partial charge in [0.2, 0.25) is 0 Å². The van der Waals surface area contributed by atoms with E-state index in [0.29, 0.717) is 18.5 Å². The normalized spacial score (nSPS) is 14.9. The van der Waals surface area contributed by atoms with Gasteiger partial charge >= 0.3 is 0 Å². The molecule has 0 saturated carbocycles. The van der Waals surface area contributed by atoms with Crippen molar-refractivity contribution < 1.29 is 8.42 Å². The molecule has 0 aliphatic carbocycles. The molecule has 0 spiro atoms. The van der Waals surface area contributed by atoms with Gasteiger partial charge in [0, 0.05) is 25.4 Å². The molecular formula is C10H24N2O2S. The van der Waals surface area contributed by atoms with Crippen molar-refractivity contribution in [2.75, 3.05) is 39.2 Å². The van der Waals surface area contributed by atoms with Crippen LogP contribution in [0, 0.1) is 5.92 Å². The highest BCUT2D eigenvalue weighted by Crippen LogP contribution is 2.08. The van der Waals surface area contributed by atoms with E-state index in [4.69, 9.17) is 0 Å². The standard InChI is InChI=1S/C10H24N2O2S/c1-9(2)10(8-11-3)12(4)6-7-15(5,13)14/h9-11H,6-8H2,1-5H3. The second-order valence-corrected chi connectivity index (χ2v) is 6.74. The molecule has 15 heavy (non-hydrogen) atoms. The quantitative estimate of drug-likeness (QED) is 0.686. The second kappa shape index (κ2) is 6.45. The molecule has 0 aromatic rings. The molecule has 1 N–H and O–H groups in total. The molecular weight excluding hydrogens is 212 g/mol. The summed E-state index contributed by atoms with van der Waals surface area (Å²) in [6, 6.07) is 0.386. The lowest BCUT2D eigenvalue weighted by atomic mass is 10.0. The Labute approximate surface area is 94.0 Å². The van der Waals surface area contributed by atoms with E-state index < -0.39 is 9.84 Å². The highest BCUT2D eigenvalue weighted by atomic mass is 32.2. The summed E-state index contributed by atoms with van der Waals surface area (Å²) >= 11 is 0. The van der Waals surface area contributed by atoms with Gasteiger partial charge < -0.3 is 10.2 Å². The first kappa shape index (κ1) is 14.9. The summed E-state index contributed by atoms with van der Waals surface area (Å²) in [6.45, 7) is 5.79. The molecule has 0 radical (unpaired) electrons. The van der Waals surface area contributed by atoms with Crippen molar-refractivity contribution >= 4 is 9.84 Å². The fraction of sp³-hybridized carbons (Fsp3) is 1.00. The number of hydrogen-bond donors (Lipinski definition) is 1. The fourth-order valence-corrected chi connectivity index (χ4v) is 2.20. The Balaban J connectivity index is 4.20. The van der Waals surface area contributed by atoms with Crippen molar-refractivity contribution in [1.29, 1.82) is 0 Å². The SMILES string of the molecule is CNCC(C(C)C)N(C)CCS(C)(=O)=O. The average molecular weight is 236 g/mol. The van der Waals surface area contributed by atoms with E-state index in [2.05, 4.69) is 24.1 Å². The molecule has 4 nitrogen and oxygen atoms in total. The Hall–Kier alpha value is -0.130. The number of nitrogens with zero attached hydrogens (tertiary/aromatic N) is 1. The fourth-order valence-electron chi connectivity index (χ4n) is 1.59. The largest absolute Gasteiger partial charge is 0.318 e. The Kier molecular flexibility index (Phi) is 6.40. The van der Waals surface area contributed by atoms with Crippen LogP contribution in [0.2, 0.25) is 0 Å². The van der Waals surface area contributed by atoms with Gasteiger partial charge in [-0.05, 0) is 20.0 Å². The second-order valence-electron chi connectivity index (χ2n) is 4.48. The van der Waals surface area contributed by atoms with Crippen LogP contribution in [0.15, 0.2) is 0 Å². The minimum Gasteiger partial charge on any atom is -0.318 e. The van der Waals surface area contributed by atoms with Gasteiger partial charge in [-0.15, -0.1) is 0 Å². The zero-order chi connectivity index (χ0) is 12.1. The molecule has 1 unspecified atom stereocenters. The predicted octanol–water partition coefficient (Wildman–Crippen LogP) is 0.207. The highest BCUT2D eigenvalue weighted by molar-refractivity contribution is 7.90. The van der Waals surface area contributed by atoms with E-state index >= 15 is 0 Å². The first-order valence-corrected chi connectivity index (χ1v) is 7.36. The van der Waals surface area contributed by atoms with Gasteiger partial charge in [0.25, 0.3) is 0 Å². The van der Waals surface area contributed by atoms with Gasteiger partial charge in [0.15, 0.2) is 0 Å². The van der Waals surface area contributed by atoms with Gasteiger partial charge in [0.05, 0.1) is 5.75 Å². The Morgan fingerprint density at radius 2 is 1.87 bits per heavy atom. The van der Waals surface area contributed by atoms with Crippen LogP contribution in [0.1, 0.15) is 13.8 Å². The summed E-state index contributed by atoms with van der Waals surface area (Å²) in [6.07, 6.45) is 1.28.